The van der Waals surface area contributed by atoms with Gasteiger partial charge in [0.1, 0.15) is 18.5 Å². The molecule has 0 bridgehead atoms. The summed E-state index contributed by atoms with van der Waals surface area (Å²) in [4.78, 5) is 28.0. The average Bonchev–Trinajstić information content (AvgIpc) is 3.21. The normalized spacial score (nSPS) is 12.0. The van der Waals surface area contributed by atoms with Gasteiger partial charge in [0.05, 0.1) is 6.20 Å². The topological polar surface area (TPSA) is 134 Å². The molecule has 11 heteroatoms. The number of ether oxygens (including phenoxy) is 1. The van der Waals surface area contributed by atoms with Crippen molar-refractivity contribution in [1.29, 1.82) is 0 Å². The van der Waals surface area contributed by atoms with Gasteiger partial charge in [-0.25, -0.2) is 9.78 Å². The molecule has 11 nitrogen and oxygen atoms in total. The van der Waals surface area contributed by atoms with Crippen LogP contribution in [0.25, 0.3) is 0 Å². The standard InChI is InChI=1S/C15H17N7O4/c1-11(6-20-9-13(22(24)25)17-15(20)23)7-21-8-12(18-19-21)10-26-14-4-2-3-5-16-14/h2-5,8-9,11H,6-7,10H2,1H3,(H,17,23)/t11-/m0/s1. The highest BCUT2D eigenvalue weighted by Crippen LogP contribution is 2.09. The van der Waals surface area contributed by atoms with Crippen molar-refractivity contribution in [3.63, 3.8) is 0 Å². The first kappa shape index (κ1) is 17.3. The SMILES string of the molecule is C[C@H](Cn1cc(COc2ccccn2)nn1)Cn1cc([N+](=O)[O-])[nH]c1=O. The highest BCUT2D eigenvalue weighted by molar-refractivity contribution is 5.12. The average molecular weight is 359 g/mol. The summed E-state index contributed by atoms with van der Waals surface area (Å²) in [6.07, 6.45) is 4.59. The summed E-state index contributed by atoms with van der Waals surface area (Å²) >= 11 is 0. The molecule has 0 amide bonds. The molecule has 0 saturated carbocycles. The quantitative estimate of drug-likeness (QED) is 0.468. The molecule has 0 aliphatic heterocycles. The number of rotatable bonds is 8. The van der Waals surface area contributed by atoms with Crippen LogP contribution < -0.4 is 10.4 Å². The molecular formula is C15H17N7O4. The minimum absolute atomic E-state index is 0.00867. The zero-order chi connectivity index (χ0) is 18.5. The van der Waals surface area contributed by atoms with Gasteiger partial charge in [-0.05, 0) is 16.9 Å². The summed E-state index contributed by atoms with van der Waals surface area (Å²) in [6.45, 7) is 2.98. The fraction of sp³-hybridized carbons (Fsp3) is 0.333. The van der Waals surface area contributed by atoms with Crippen LogP contribution >= 0.6 is 0 Å². The lowest BCUT2D eigenvalue weighted by atomic mass is 10.2. The molecule has 3 heterocycles. The molecule has 0 fully saturated rings. The van der Waals surface area contributed by atoms with E-state index < -0.39 is 10.6 Å². The highest BCUT2D eigenvalue weighted by atomic mass is 16.6. The number of H-pyrrole nitrogens is 1. The summed E-state index contributed by atoms with van der Waals surface area (Å²) < 4.78 is 8.44. The molecule has 0 radical (unpaired) electrons. The number of hydrogen-bond donors (Lipinski definition) is 1. The van der Waals surface area contributed by atoms with E-state index in [1.807, 2.05) is 13.0 Å². The summed E-state index contributed by atoms with van der Waals surface area (Å²) in [6, 6.07) is 5.38. The molecule has 26 heavy (non-hydrogen) atoms. The third-order valence-corrected chi connectivity index (χ3v) is 3.57. The second-order valence-corrected chi connectivity index (χ2v) is 5.85. The first-order chi connectivity index (χ1) is 12.5. The summed E-state index contributed by atoms with van der Waals surface area (Å²) in [5, 5.41) is 18.8. The minimum Gasteiger partial charge on any atom is -0.471 e. The van der Waals surface area contributed by atoms with Crippen LogP contribution in [0.2, 0.25) is 0 Å². The van der Waals surface area contributed by atoms with Crippen LogP contribution in [0.15, 0.2) is 41.6 Å². The molecule has 0 aliphatic carbocycles. The lowest BCUT2D eigenvalue weighted by molar-refractivity contribution is -0.389. The van der Waals surface area contributed by atoms with Gasteiger partial charge < -0.3 is 14.9 Å². The van der Waals surface area contributed by atoms with Crippen LogP contribution in [0.3, 0.4) is 0 Å². The van der Waals surface area contributed by atoms with E-state index in [-0.39, 0.29) is 18.3 Å². The Bertz CT molecular complexity index is 931. The number of nitrogens with one attached hydrogen (secondary N) is 1. The second-order valence-electron chi connectivity index (χ2n) is 5.85. The number of hydrogen-bond acceptors (Lipinski definition) is 7. The van der Waals surface area contributed by atoms with Gasteiger partial charge in [-0.2, -0.15) is 4.98 Å². The zero-order valence-corrected chi connectivity index (χ0v) is 14.0. The van der Waals surface area contributed by atoms with Crippen LogP contribution in [0.1, 0.15) is 12.6 Å². The number of aromatic amines is 1. The Morgan fingerprint density at radius 2 is 2.19 bits per heavy atom. The number of nitrogens with zero attached hydrogens (tertiary/aromatic N) is 6. The fourth-order valence-corrected chi connectivity index (χ4v) is 2.44. The minimum atomic E-state index is -0.631. The molecule has 0 aromatic carbocycles. The van der Waals surface area contributed by atoms with E-state index in [0.29, 0.717) is 24.7 Å². The van der Waals surface area contributed by atoms with Crippen LogP contribution in [0.5, 0.6) is 5.88 Å². The Labute approximate surface area is 147 Å². The molecule has 1 N–H and O–H groups in total. The summed E-state index contributed by atoms with van der Waals surface area (Å²) in [5.41, 5.74) is 0.142. The molecule has 1 atom stereocenters. The van der Waals surface area contributed by atoms with E-state index in [9.17, 15) is 14.9 Å². The van der Waals surface area contributed by atoms with E-state index in [4.69, 9.17) is 4.74 Å². The van der Waals surface area contributed by atoms with Crippen molar-refractivity contribution in [3.8, 4) is 5.88 Å². The Morgan fingerprint density at radius 3 is 2.88 bits per heavy atom. The Kier molecular flexibility index (Phi) is 5.06. The van der Waals surface area contributed by atoms with E-state index in [2.05, 4.69) is 20.3 Å². The van der Waals surface area contributed by atoms with Crippen LogP contribution in [0.4, 0.5) is 5.82 Å². The van der Waals surface area contributed by atoms with Crippen LogP contribution in [-0.2, 0) is 19.7 Å². The highest BCUT2D eigenvalue weighted by Gasteiger charge is 2.15. The molecule has 3 aromatic rings. The Morgan fingerprint density at radius 1 is 1.35 bits per heavy atom. The van der Waals surface area contributed by atoms with E-state index in [1.54, 1.807) is 29.2 Å². The predicted molar refractivity (Wildman–Crippen MR) is 89.5 cm³/mol. The molecule has 136 valence electrons. The van der Waals surface area contributed by atoms with Gasteiger partial charge in [0.25, 0.3) is 0 Å². The first-order valence-electron chi connectivity index (χ1n) is 7.88. The van der Waals surface area contributed by atoms with E-state index in [1.165, 1.54) is 10.8 Å². The van der Waals surface area contributed by atoms with Crippen molar-refractivity contribution in [3.05, 3.63) is 63.1 Å². The van der Waals surface area contributed by atoms with Gasteiger partial charge in [0.15, 0.2) is 0 Å². The van der Waals surface area contributed by atoms with Gasteiger partial charge in [-0.1, -0.05) is 18.2 Å². The van der Waals surface area contributed by atoms with E-state index >= 15 is 0 Å². The van der Waals surface area contributed by atoms with Crippen molar-refractivity contribution in [2.24, 2.45) is 5.92 Å². The Balaban J connectivity index is 1.55. The second kappa shape index (κ2) is 7.59. The smallest absolute Gasteiger partial charge is 0.413 e. The monoisotopic (exact) mass is 359 g/mol. The lowest BCUT2D eigenvalue weighted by Gasteiger charge is -2.10. The van der Waals surface area contributed by atoms with Crippen molar-refractivity contribution < 1.29 is 9.66 Å². The molecule has 0 saturated heterocycles. The van der Waals surface area contributed by atoms with Crippen molar-refractivity contribution in [1.82, 2.24) is 29.5 Å². The van der Waals surface area contributed by atoms with Gasteiger partial charge in [0.2, 0.25) is 5.88 Å². The molecular weight excluding hydrogens is 342 g/mol. The lowest BCUT2D eigenvalue weighted by Crippen LogP contribution is -2.22. The summed E-state index contributed by atoms with van der Waals surface area (Å²) in [7, 11) is 0. The number of pyridine rings is 1. The molecule has 3 rings (SSSR count). The Hall–Kier alpha value is -3.50. The van der Waals surface area contributed by atoms with Crippen molar-refractivity contribution in [2.75, 3.05) is 0 Å². The van der Waals surface area contributed by atoms with Crippen molar-refractivity contribution >= 4 is 5.82 Å². The third kappa shape index (κ3) is 4.32. The van der Waals surface area contributed by atoms with Crippen LogP contribution in [0, 0.1) is 16.0 Å². The molecule has 0 aliphatic rings. The molecule has 0 spiro atoms. The van der Waals surface area contributed by atoms with Crippen LogP contribution in [-0.4, -0.2) is 34.5 Å². The van der Waals surface area contributed by atoms with Gasteiger partial charge >= 0.3 is 11.5 Å². The largest absolute Gasteiger partial charge is 0.471 e. The van der Waals surface area contributed by atoms with Gasteiger partial charge in [0, 0.05) is 25.4 Å². The number of imidazole rings is 1. The fourth-order valence-electron chi connectivity index (χ4n) is 2.44. The third-order valence-electron chi connectivity index (χ3n) is 3.57. The number of nitro groups is 1. The predicted octanol–water partition coefficient (Wildman–Crippen LogP) is 0.986. The molecule has 0 unspecified atom stereocenters. The number of aromatic nitrogens is 6. The van der Waals surface area contributed by atoms with Gasteiger partial charge in [-0.15, -0.1) is 5.10 Å². The van der Waals surface area contributed by atoms with Crippen molar-refractivity contribution in [2.45, 2.75) is 26.6 Å². The van der Waals surface area contributed by atoms with Gasteiger partial charge in [-0.3, -0.25) is 9.25 Å². The van der Waals surface area contributed by atoms with E-state index in [0.717, 1.165) is 0 Å². The maximum atomic E-state index is 11.7. The zero-order valence-electron chi connectivity index (χ0n) is 14.0. The summed E-state index contributed by atoms with van der Waals surface area (Å²) in [5.74, 6) is 0.190. The maximum absolute atomic E-state index is 11.7. The maximum Gasteiger partial charge on any atom is 0.413 e. The first-order valence-corrected chi connectivity index (χ1v) is 7.88. The molecule has 3 aromatic heterocycles.